The third-order valence-electron chi connectivity index (χ3n) is 3.15. The Morgan fingerprint density at radius 3 is 2.67 bits per heavy atom. The van der Waals surface area contributed by atoms with Gasteiger partial charge in [-0.3, -0.25) is 9.35 Å². The van der Waals surface area contributed by atoms with Crippen molar-refractivity contribution in [3.8, 4) is 0 Å². The van der Waals surface area contributed by atoms with Gasteiger partial charge in [0.05, 0.1) is 6.21 Å². The molecule has 11 heteroatoms. The van der Waals surface area contributed by atoms with E-state index in [1.54, 1.807) is 30.3 Å². The fraction of sp³-hybridized carbons (Fsp3) is 0.308. The standard InChI is InChI=1S/C13H15N3O7S/c1-22-14-7-10-11(12(17)16(10)24(19,20)21)15-13(18)23-8-9-5-3-2-4-6-9/h2-7,10-11H,8H2,1H3,(H,15,18)(H,19,20,21)/t10-,11+/m1/s1. The van der Waals surface area contributed by atoms with Gasteiger partial charge in [0.15, 0.2) is 0 Å². The minimum Gasteiger partial charge on any atom is -0.445 e. The summed E-state index contributed by atoms with van der Waals surface area (Å²) in [6.45, 7) is -0.0214. The molecule has 1 aromatic rings. The molecular formula is C13H15N3O7S. The van der Waals surface area contributed by atoms with Gasteiger partial charge >= 0.3 is 16.4 Å². The zero-order valence-electron chi connectivity index (χ0n) is 12.5. The van der Waals surface area contributed by atoms with E-state index in [4.69, 9.17) is 9.29 Å². The summed E-state index contributed by atoms with van der Waals surface area (Å²) >= 11 is 0. The number of amides is 2. The molecule has 0 unspecified atom stereocenters. The van der Waals surface area contributed by atoms with E-state index in [9.17, 15) is 18.0 Å². The van der Waals surface area contributed by atoms with Crippen LogP contribution in [0.5, 0.6) is 0 Å². The molecule has 0 bridgehead atoms. The second-order valence-electron chi connectivity index (χ2n) is 4.72. The number of ether oxygens (including phenoxy) is 1. The molecule has 1 heterocycles. The van der Waals surface area contributed by atoms with Gasteiger partial charge in [-0.05, 0) is 5.56 Å². The quantitative estimate of drug-likeness (QED) is 0.315. The second-order valence-corrected chi connectivity index (χ2v) is 6.01. The van der Waals surface area contributed by atoms with Gasteiger partial charge in [0, 0.05) is 0 Å². The van der Waals surface area contributed by atoms with Gasteiger partial charge in [-0.1, -0.05) is 35.5 Å². The van der Waals surface area contributed by atoms with Crippen molar-refractivity contribution in [2.45, 2.75) is 18.7 Å². The van der Waals surface area contributed by atoms with E-state index in [-0.39, 0.29) is 10.9 Å². The van der Waals surface area contributed by atoms with Crippen LogP contribution in [-0.4, -0.2) is 54.7 Å². The number of alkyl carbamates (subject to hydrolysis) is 1. The van der Waals surface area contributed by atoms with E-state index in [1.807, 2.05) is 0 Å². The van der Waals surface area contributed by atoms with Crippen LogP contribution in [0.25, 0.3) is 0 Å². The predicted octanol–water partition coefficient (Wildman–Crippen LogP) is -0.0728. The Labute approximate surface area is 137 Å². The number of carbonyl (C=O) groups excluding carboxylic acids is 2. The summed E-state index contributed by atoms with van der Waals surface area (Å²) in [5.41, 5.74) is 0.740. The van der Waals surface area contributed by atoms with Crippen molar-refractivity contribution in [3.05, 3.63) is 35.9 Å². The zero-order valence-corrected chi connectivity index (χ0v) is 13.3. The lowest BCUT2D eigenvalue weighted by Crippen LogP contribution is -2.72. The Hall–Kier alpha value is -2.66. The lowest BCUT2D eigenvalue weighted by molar-refractivity contribution is -0.139. The Morgan fingerprint density at radius 1 is 1.42 bits per heavy atom. The molecule has 2 N–H and O–H groups in total. The first-order chi connectivity index (χ1) is 11.3. The molecule has 0 saturated carbocycles. The molecule has 1 aliphatic rings. The van der Waals surface area contributed by atoms with Gasteiger partial charge in [0.2, 0.25) is 0 Å². The Morgan fingerprint density at radius 2 is 2.08 bits per heavy atom. The molecular weight excluding hydrogens is 342 g/mol. The van der Waals surface area contributed by atoms with Gasteiger partial charge < -0.3 is 14.9 Å². The highest BCUT2D eigenvalue weighted by Crippen LogP contribution is 2.22. The summed E-state index contributed by atoms with van der Waals surface area (Å²) in [6.07, 6.45) is 0.0557. The number of hydrogen-bond donors (Lipinski definition) is 2. The van der Waals surface area contributed by atoms with E-state index in [2.05, 4.69) is 15.3 Å². The van der Waals surface area contributed by atoms with Crippen LogP contribution in [0.1, 0.15) is 5.56 Å². The maximum Gasteiger partial charge on any atom is 0.408 e. The fourth-order valence-corrected chi connectivity index (χ4v) is 2.88. The van der Waals surface area contributed by atoms with E-state index in [0.29, 0.717) is 0 Å². The molecule has 2 atom stereocenters. The highest BCUT2D eigenvalue weighted by atomic mass is 32.2. The highest BCUT2D eigenvalue weighted by molar-refractivity contribution is 7.84. The Bertz CT molecular complexity index is 735. The van der Waals surface area contributed by atoms with Crippen LogP contribution in [0.15, 0.2) is 35.5 Å². The molecule has 10 nitrogen and oxygen atoms in total. The minimum absolute atomic E-state index is 0.0214. The third-order valence-corrected chi connectivity index (χ3v) is 4.07. The van der Waals surface area contributed by atoms with Crippen molar-refractivity contribution >= 4 is 28.5 Å². The molecule has 24 heavy (non-hydrogen) atoms. The van der Waals surface area contributed by atoms with E-state index in [0.717, 1.165) is 11.8 Å². The van der Waals surface area contributed by atoms with Crippen LogP contribution in [-0.2, 0) is 31.3 Å². The summed E-state index contributed by atoms with van der Waals surface area (Å²) in [5, 5.41) is 5.58. The number of oxime groups is 1. The van der Waals surface area contributed by atoms with Crippen LogP contribution in [0, 0.1) is 0 Å². The van der Waals surface area contributed by atoms with E-state index in [1.165, 1.54) is 7.11 Å². The first-order valence-electron chi connectivity index (χ1n) is 6.69. The Balaban J connectivity index is 1.98. The van der Waals surface area contributed by atoms with Crippen molar-refractivity contribution in [3.63, 3.8) is 0 Å². The maximum atomic E-state index is 11.8. The van der Waals surface area contributed by atoms with E-state index < -0.39 is 34.4 Å². The smallest absolute Gasteiger partial charge is 0.408 e. The van der Waals surface area contributed by atoms with Gasteiger partial charge in [0.25, 0.3) is 5.91 Å². The van der Waals surface area contributed by atoms with Gasteiger partial charge in [0.1, 0.15) is 25.8 Å². The summed E-state index contributed by atoms with van der Waals surface area (Å²) in [6, 6.07) is 6.39. The van der Waals surface area contributed by atoms with Crippen LogP contribution in [0.4, 0.5) is 4.79 Å². The maximum absolute atomic E-state index is 11.8. The minimum atomic E-state index is -4.77. The number of nitrogens with one attached hydrogen (secondary N) is 1. The number of benzene rings is 1. The number of hydrogen-bond acceptors (Lipinski definition) is 7. The van der Waals surface area contributed by atoms with Crippen molar-refractivity contribution < 1.29 is 32.1 Å². The summed E-state index contributed by atoms with van der Waals surface area (Å²) in [5.74, 6) is -1.01. The first kappa shape index (κ1) is 17.7. The van der Waals surface area contributed by atoms with Crippen molar-refractivity contribution in [2.75, 3.05) is 7.11 Å². The topological polar surface area (TPSA) is 135 Å². The molecule has 0 aliphatic carbocycles. The largest absolute Gasteiger partial charge is 0.445 e. The molecule has 0 radical (unpaired) electrons. The summed E-state index contributed by atoms with van der Waals surface area (Å²) in [7, 11) is -3.56. The number of carbonyl (C=O) groups is 2. The molecule has 0 aromatic heterocycles. The normalized spacial score (nSPS) is 20.6. The second kappa shape index (κ2) is 7.27. The van der Waals surface area contributed by atoms with Gasteiger partial charge in [-0.2, -0.15) is 8.42 Å². The monoisotopic (exact) mass is 357 g/mol. The number of nitrogens with zero attached hydrogens (tertiary/aromatic N) is 2. The van der Waals surface area contributed by atoms with Crippen molar-refractivity contribution in [1.29, 1.82) is 0 Å². The predicted molar refractivity (Wildman–Crippen MR) is 81.2 cm³/mol. The fourth-order valence-electron chi connectivity index (χ4n) is 2.06. The molecule has 130 valence electrons. The molecule has 1 aliphatic heterocycles. The average Bonchev–Trinajstić information content (AvgIpc) is 2.54. The SMILES string of the molecule is CON=C[C@@H]1[C@H](NC(=O)OCc2ccccc2)C(=O)N1S(=O)(=O)O. The van der Waals surface area contributed by atoms with Crippen molar-refractivity contribution in [1.82, 2.24) is 9.62 Å². The third kappa shape index (κ3) is 4.00. The molecule has 2 rings (SSSR count). The lowest BCUT2D eigenvalue weighted by atomic mass is 10.0. The van der Waals surface area contributed by atoms with Crippen LogP contribution < -0.4 is 5.32 Å². The Kier molecular flexibility index (Phi) is 5.36. The van der Waals surface area contributed by atoms with E-state index >= 15 is 0 Å². The molecule has 0 spiro atoms. The molecule has 2 amide bonds. The molecule has 1 fully saturated rings. The average molecular weight is 357 g/mol. The molecule has 1 aromatic carbocycles. The van der Waals surface area contributed by atoms with Crippen molar-refractivity contribution in [2.24, 2.45) is 5.16 Å². The van der Waals surface area contributed by atoms with Crippen LogP contribution in [0.2, 0.25) is 0 Å². The molecule has 1 saturated heterocycles. The van der Waals surface area contributed by atoms with Gasteiger partial charge in [-0.25, -0.2) is 9.10 Å². The van der Waals surface area contributed by atoms with Gasteiger partial charge in [-0.15, -0.1) is 0 Å². The van der Waals surface area contributed by atoms with Crippen LogP contribution in [0.3, 0.4) is 0 Å². The highest BCUT2D eigenvalue weighted by Gasteiger charge is 2.53. The zero-order chi connectivity index (χ0) is 17.7. The first-order valence-corrected chi connectivity index (χ1v) is 8.09. The summed E-state index contributed by atoms with van der Waals surface area (Å²) in [4.78, 5) is 28.0. The van der Waals surface area contributed by atoms with Crippen LogP contribution >= 0.6 is 0 Å². The number of rotatable bonds is 6. The summed E-state index contributed by atoms with van der Waals surface area (Å²) < 4.78 is 36.4. The lowest BCUT2D eigenvalue weighted by Gasteiger charge is -2.41. The number of β-lactam (4-membered cyclic amide) rings is 1.